The number of benzene rings is 2. The smallest absolute Gasteiger partial charge is 0.261 e. The number of ether oxygens (including phenoxy) is 1. The van der Waals surface area contributed by atoms with Crippen LogP contribution in [0.3, 0.4) is 0 Å². The molecule has 1 aliphatic rings. The Balaban J connectivity index is 1.51. The largest absolute Gasteiger partial charge is 0.481 e. The average molecular weight is 401 g/mol. The second kappa shape index (κ2) is 9.11. The maximum atomic E-state index is 12.4. The van der Waals surface area contributed by atoms with Crippen LogP contribution in [-0.2, 0) is 11.3 Å². The molecular formula is C22H25ClN2O3. The van der Waals surface area contributed by atoms with Gasteiger partial charge in [-0.3, -0.25) is 9.59 Å². The molecule has 2 aromatic rings. The second-order valence-electron chi connectivity index (χ2n) is 7.08. The molecular weight excluding hydrogens is 376 g/mol. The van der Waals surface area contributed by atoms with E-state index in [-0.39, 0.29) is 11.8 Å². The first-order chi connectivity index (χ1) is 13.4. The molecule has 3 rings (SSSR count). The summed E-state index contributed by atoms with van der Waals surface area (Å²) in [6, 6.07) is 12.7. The number of rotatable bonds is 6. The van der Waals surface area contributed by atoms with Gasteiger partial charge in [-0.1, -0.05) is 23.7 Å². The number of aryl methyl sites for hydroxylation is 1. The van der Waals surface area contributed by atoms with E-state index >= 15 is 0 Å². The van der Waals surface area contributed by atoms with E-state index in [1.54, 1.807) is 25.1 Å². The molecule has 1 atom stereocenters. The number of halogens is 1. The fourth-order valence-corrected chi connectivity index (χ4v) is 3.42. The van der Waals surface area contributed by atoms with E-state index in [4.69, 9.17) is 16.3 Å². The summed E-state index contributed by atoms with van der Waals surface area (Å²) in [5.74, 6) is 0.511. The van der Waals surface area contributed by atoms with Gasteiger partial charge in [-0.25, -0.2) is 0 Å². The van der Waals surface area contributed by atoms with Crippen LogP contribution in [0.25, 0.3) is 0 Å². The van der Waals surface area contributed by atoms with Crippen molar-refractivity contribution in [1.29, 1.82) is 0 Å². The zero-order valence-electron chi connectivity index (χ0n) is 16.2. The van der Waals surface area contributed by atoms with Crippen LogP contribution in [0.15, 0.2) is 42.5 Å². The maximum Gasteiger partial charge on any atom is 0.261 e. The van der Waals surface area contributed by atoms with Crippen molar-refractivity contribution in [3.8, 4) is 5.75 Å². The summed E-state index contributed by atoms with van der Waals surface area (Å²) in [6.07, 6.45) is 1.52. The van der Waals surface area contributed by atoms with E-state index in [9.17, 15) is 9.59 Å². The minimum Gasteiger partial charge on any atom is -0.481 e. The lowest BCUT2D eigenvalue weighted by Crippen LogP contribution is -2.36. The lowest BCUT2D eigenvalue weighted by molar-refractivity contribution is -0.127. The Labute approximate surface area is 170 Å². The molecule has 1 fully saturated rings. The van der Waals surface area contributed by atoms with Gasteiger partial charge in [0.1, 0.15) is 5.75 Å². The molecule has 0 bridgehead atoms. The van der Waals surface area contributed by atoms with Crippen molar-refractivity contribution in [3.63, 3.8) is 0 Å². The molecule has 0 unspecified atom stereocenters. The minimum atomic E-state index is -0.629. The Hall–Kier alpha value is -2.53. The van der Waals surface area contributed by atoms with Crippen LogP contribution in [0.1, 0.15) is 41.3 Å². The number of amides is 2. The first-order valence-corrected chi connectivity index (χ1v) is 9.90. The van der Waals surface area contributed by atoms with Crippen molar-refractivity contribution in [2.75, 3.05) is 13.1 Å². The number of hydrogen-bond donors (Lipinski definition) is 1. The van der Waals surface area contributed by atoms with E-state index in [1.165, 1.54) is 0 Å². The van der Waals surface area contributed by atoms with Crippen LogP contribution < -0.4 is 10.1 Å². The molecule has 6 heteroatoms. The molecule has 1 N–H and O–H groups in total. The predicted molar refractivity (Wildman–Crippen MR) is 110 cm³/mol. The van der Waals surface area contributed by atoms with E-state index in [0.29, 0.717) is 22.9 Å². The van der Waals surface area contributed by atoms with Gasteiger partial charge >= 0.3 is 0 Å². The third-order valence-corrected chi connectivity index (χ3v) is 5.11. The Kier molecular flexibility index (Phi) is 6.57. The van der Waals surface area contributed by atoms with Crippen LogP contribution in [-0.4, -0.2) is 35.9 Å². The number of carbonyl (C=O) groups is 2. The molecule has 2 aromatic carbocycles. The molecule has 0 saturated carbocycles. The number of nitrogens with one attached hydrogen (secondary N) is 1. The lowest BCUT2D eigenvalue weighted by atomic mass is 10.1. The number of hydrogen-bond acceptors (Lipinski definition) is 3. The minimum absolute atomic E-state index is 0.0773. The maximum absolute atomic E-state index is 12.4. The quantitative estimate of drug-likeness (QED) is 0.798. The van der Waals surface area contributed by atoms with Gasteiger partial charge in [0.25, 0.3) is 11.8 Å². The molecule has 0 aliphatic carbocycles. The van der Waals surface area contributed by atoms with Crippen molar-refractivity contribution in [3.05, 3.63) is 64.2 Å². The summed E-state index contributed by atoms with van der Waals surface area (Å²) < 4.78 is 5.74. The van der Waals surface area contributed by atoms with Gasteiger partial charge in [-0.05, 0) is 68.1 Å². The molecule has 0 radical (unpaired) electrons. The summed E-state index contributed by atoms with van der Waals surface area (Å²) in [6.45, 7) is 5.64. The first kappa shape index (κ1) is 20.2. The van der Waals surface area contributed by atoms with Gasteiger partial charge in [0.05, 0.1) is 0 Å². The van der Waals surface area contributed by atoms with Crippen molar-refractivity contribution in [1.82, 2.24) is 10.2 Å². The van der Waals surface area contributed by atoms with Gasteiger partial charge in [0.2, 0.25) is 0 Å². The zero-order chi connectivity index (χ0) is 20.1. The predicted octanol–water partition coefficient (Wildman–Crippen LogP) is 3.97. The topological polar surface area (TPSA) is 58.6 Å². The Morgan fingerprint density at radius 1 is 1.14 bits per heavy atom. The summed E-state index contributed by atoms with van der Waals surface area (Å²) in [7, 11) is 0. The highest BCUT2D eigenvalue weighted by Gasteiger charge is 2.19. The third kappa shape index (κ3) is 5.04. The van der Waals surface area contributed by atoms with Crippen LogP contribution in [0.2, 0.25) is 5.02 Å². The van der Waals surface area contributed by atoms with Crippen molar-refractivity contribution in [2.24, 2.45) is 0 Å². The molecule has 5 nitrogen and oxygen atoms in total. The molecule has 2 amide bonds. The summed E-state index contributed by atoms with van der Waals surface area (Å²) in [4.78, 5) is 26.6. The average Bonchev–Trinajstić information content (AvgIpc) is 3.23. The standard InChI is InChI=1S/C22H25ClN2O3/c1-15-13-19(23)9-10-20(15)28-16(2)21(26)24-14-17-5-7-18(8-6-17)22(27)25-11-3-4-12-25/h5-10,13,16H,3-4,11-12,14H2,1-2H3,(H,24,26)/t16-/m0/s1. The van der Waals surface area contributed by atoms with Gasteiger partial charge in [-0.15, -0.1) is 0 Å². The number of likely N-dealkylation sites (tertiary alicyclic amines) is 1. The van der Waals surface area contributed by atoms with Crippen LogP contribution >= 0.6 is 11.6 Å². The Morgan fingerprint density at radius 3 is 2.46 bits per heavy atom. The highest BCUT2D eigenvalue weighted by Crippen LogP contribution is 2.22. The number of nitrogens with zero attached hydrogens (tertiary/aromatic N) is 1. The highest BCUT2D eigenvalue weighted by molar-refractivity contribution is 6.30. The second-order valence-corrected chi connectivity index (χ2v) is 7.52. The fourth-order valence-electron chi connectivity index (χ4n) is 3.19. The van der Waals surface area contributed by atoms with Gasteiger partial charge in [0.15, 0.2) is 6.10 Å². The normalized spacial score (nSPS) is 14.6. The Morgan fingerprint density at radius 2 is 1.82 bits per heavy atom. The first-order valence-electron chi connectivity index (χ1n) is 9.53. The molecule has 1 saturated heterocycles. The van der Waals surface area contributed by atoms with Crippen LogP contribution in [0.4, 0.5) is 0 Å². The zero-order valence-corrected chi connectivity index (χ0v) is 17.0. The molecule has 28 heavy (non-hydrogen) atoms. The van der Waals surface area contributed by atoms with Gasteiger partial charge in [0, 0.05) is 30.2 Å². The SMILES string of the molecule is Cc1cc(Cl)ccc1O[C@@H](C)C(=O)NCc1ccc(C(=O)N2CCCC2)cc1. The summed E-state index contributed by atoms with van der Waals surface area (Å²) in [5, 5.41) is 3.50. The molecule has 0 spiro atoms. The molecule has 0 aromatic heterocycles. The van der Waals surface area contributed by atoms with Crippen molar-refractivity contribution in [2.45, 2.75) is 39.3 Å². The van der Waals surface area contributed by atoms with Gasteiger partial charge < -0.3 is 15.0 Å². The number of carbonyl (C=O) groups excluding carboxylic acids is 2. The van der Waals surface area contributed by atoms with E-state index in [1.807, 2.05) is 36.1 Å². The fraction of sp³-hybridized carbons (Fsp3) is 0.364. The van der Waals surface area contributed by atoms with E-state index in [0.717, 1.165) is 37.1 Å². The van der Waals surface area contributed by atoms with Crippen molar-refractivity contribution >= 4 is 23.4 Å². The van der Waals surface area contributed by atoms with Crippen LogP contribution in [0, 0.1) is 6.92 Å². The third-order valence-electron chi connectivity index (χ3n) is 4.87. The summed E-state index contributed by atoms with van der Waals surface area (Å²) in [5.41, 5.74) is 2.50. The lowest BCUT2D eigenvalue weighted by Gasteiger charge is -2.17. The van der Waals surface area contributed by atoms with Crippen molar-refractivity contribution < 1.29 is 14.3 Å². The van der Waals surface area contributed by atoms with E-state index < -0.39 is 6.10 Å². The molecule has 1 heterocycles. The summed E-state index contributed by atoms with van der Waals surface area (Å²) >= 11 is 5.94. The van der Waals surface area contributed by atoms with Crippen LogP contribution in [0.5, 0.6) is 5.75 Å². The monoisotopic (exact) mass is 400 g/mol. The van der Waals surface area contributed by atoms with Gasteiger partial charge in [-0.2, -0.15) is 0 Å². The van der Waals surface area contributed by atoms with E-state index in [2.05, 4.69) is 5.32 Å². The molecule has 1 aliphatic heterocycles. The Bertz CT molecular complexity index is 845. The highest BCUT2D eigenvalue weighted by atomic mass is 35.5. The molecule has 148 valence electrons.